The number of methoxy groups -OCH3 is 2. The van der Waals surface area contributed by atoms with Gasteiger partial charge in [0.15, 0.2) is 5.82 Å². The highest BCUT2D eigenvalue weighted by Crippen LogP contribution is 2.19. The van der Waals surface area contributed by atoms with Crippen LogP contribution in [-0.4, -0.2) is 35.6 Å². The fourth-order valence-corrected chi connectivity index (χ4v) is 1.57. The third kappa shape index (κ3) is 2.62. The quantitative estimate of drug-likeness (QED) is 0.787. The van der Waals surface area contributed by atoms with Crippen molar-refractivity contribution in [3.63, 3.8) is 0 Å². The molecule has 2 rings (SSSR count). The Bertz CT molecular complexity index is 465. The minimum Gasteiger partial charge on any atom is -0.497 e. The maximum atomic E-state index is 5.12. The van der Waals surface area contributed by atoms with Gasteiger partial charge in [-0.1, -0.05) is 0 Å². The van der Waals surface area contributed by atoms with Crippen LogP contribution in [-0.2, 0) is 11.3 Å². The Balaban J connectivity index is 2.23. The molecule has 17 heavy (non-hydrogen) atoms. The van der Waals surface area contributed by atoms with Gasteiger partial charge in [-0.3, -0.25) is 0 Å². The van der Waals surface area contributed by atoms with Crippen molar-refractivity contribution in [2.45, 2.75) is 6.54 Å². The predicted molar refractivity (Wildman–Crippen MR) is 63.9 cm³/mol. The highest BCUT2D eigenvalue weighted by molar-refractivity contribution is 5.56. The Morgan fingerprint density at radius 1 is 1.18 bits per heavy atom. The maximum Gasteiger partial charge on any atom is 0.158 e. The van der Waals surface area contributed by atoms with E-state index in [1.165, 1.54) is 0 Å². The van der Waals surface area contributed by atoms with Gasteiger partial charge in [0.2, 0.25) is 0 Å². The number of nitrogens with zero attached hydrogens (tertiary/aromatic N) is 3. The molecule has 0 saturated heterocycles. The lowest BCUT2D eigenvalue weighted by atomic mass is 10.2. The Morgan fingerprint density at radius 3 is 2.59 bits per heavy atom. The van der Waals surface area contributed by atoms with Gasteiger partial charge in [0.1, 0.15) is 12.1 Å². The summed E-state index contributed by atoms with van der Waals surface area (Å²) in [4.78, 5) is 4.25. The second-order valence-electron chi connectivity index (χ2n) is 3.53. The number of hydrogen-bond donors (Lipinski definition) is 0. The summed E-state index contributed by atoms with van der Waals surface area (Å²) in [6.07, 6.45) is 1.55. The zero-order valence-corrected chi connectivity index (χ0v) is 9.96. The van der Waals surface area contributed by atoms with Crippen molar-refractivity contribution in [2.75, 3.05) is 20.8 Å². The lowest BCUT2D eigenvalue weighted by molar-refractivity contribution is 0.184. The standard InChI is InChI=1S/C12H15N3O2/c1-16-8-7-15-12(13-9-14-15)10-3-5-11(17-2)6-4-10/h3-6,9H,7-8H2,1-2H3. The maximum absolute atomic E-state index is 5.12. The predicted octanol–water partition coefficient (Wildman–Crippen LogP) is 1.60. The molecule has 1 aromatic heterocycles. The van der Waals surface area contributed by atoms with E-state index in [-0.39, 0.29) is 0 Å². The third-order valence-corrected chi connectivity index (χ3v) is 2.47. The molecule has 0 bridgehead atoms. The van der Waals surface area contributed by atoms with Crippen molar-refractivity contribution >= 4 is 0 Å². The first-order valence-corrected chi connectivity index (χ1v) is 5.36. The second kappa shape index (κ2) is 5.45. The SMILES string of the molecule is COCCn1ncnc1-c1ccc(OC)cc1. The molecule has 5 heteroatoms. The summed E-state index contributed by atoms with van der Waals surface area (Å²) in [6, 6.07) is 7.74. The van der Waals surface area contributed by atoms with Crippen LogP contribution in [0.1, 0.15) is 0 Å². The Kier molecular flexibility index (Phi) is 3.72. The first-order valence-electron chi connectivity index (χ1n) is 5.36. The molecule has 90 valence electrons. The van der Waals surface area contributed by atoms with Gasteiger partial charge >= 0.3 is 0 Å². The molecule has 5 nitrogen and oxygen atoms in total. The molecule has 0 radical (unpaired) electrons. The van der Waals surface area contributed by atoms with Gasteiger partial charge < -0.3 is 9.47 Å². The van der Waals surface area contributed by atoms with E-state index in [1.807, 2.05) is 28.9 Å². The summed E-state index contributed by atoms with van der Waals surface area (Å²) < 4.78 is 12.0. The molecule has 1 aromatic carbocycles. The number of hydrogen-bond acceptors (Lipinski definition) is 4. The van der Waals surface area contributed by atoms with Crippen LogP contribution in [0.2, 0.25) is 0 Å². The van der Waals surface area contributed by atoms with E-state index in [9.17, 15) is 0 Å². The summed E-state index contributed by atoms with van der Waals surface area (Å²) in [6.45, 7) is 1.31. The number of ether oxygens (including phenoxy) is 2. The van der Waals surface area contributed by atoms with Crippen LogP contribution < -0.4 is 4.74 Å². The average molecular weight is 233 g/mol. The van der Waals surface area contributed by atoms with Gasteiger partial charge in [-0.05, 0) is 24.3 Å². The number of rotatable bonds is 5. The molecule has 0 unspecified atom stereocenters. The zero-order valence-electron chi connectivity index (χ0n) is 9.96. The van der Waals surface area contributed by atoms with E-state index in [0.29, 0.717) is 13.2 Å². The first kappa shape index (κ1) is 11.6. The molecule has 0 spiro atoms. The van der Waals surface area contributed by atoms with Gasteiger partial charge in [0.05, 0.1) is 20.3 Å². The minimum atomic E-state index is 0.618. The summed E-state index contributed by atoms with van der Waals surface area (Å²) >= 11 is 0. The topological polar surface area (TPSA) is 49.2 Å². The van der Waals surface area contributed by atoms with Crippen LogP contribution in [0, 0.1) is 0 Å². The summed E-state index contributed by atoms with van der Waals surface area (Å²) in [5.41, 5.74) is 1.01. The molecule has 0 atom stereocenters. The first-order chi connectivity index (χ1) is 8.35. The number of aromatic nitrogens is 3. The zero-order chi connectivity index (χ0) is 12.1. The van der Waals surface area contributed by atoms with Gasteiger partial charge in [0.25, 0.3) is 0 Å². The fourth-order valence-electron chi connectivity index (χ4n) is 1.57. The van der Waals surface area contributed by atoms with Crippen molar-refractivity contribution in [3.8, 4) is 17.1 Å². The third-order valence-electron chi connectivity index (χ3n) is 2.47. The van der Waals surface area contributed by atoms with Gasteiger partial charge in [-0.2, -0.15) is 5.10 Å². The van der Waals surface area contributed by atoms with E-state index >= 15 is 0 Å². The van der Waals surface area contributed by atoms with E-state index in [0.717, 1.165) is 17.1 Å². The smallest absolute Gasteiger partial charge is 0.158 e. The minimum absolute atomic E-state index is 0.618. The van der Waals surface area contributed by atoms with E-state index in [2.05, 4.69) is 10.1 Å². The Morgan fingerprint density at radius 2 is 1.94 bits per heavy atom. The molecular formula is C12H15N3O2. The van der Waals surface area contributed by atoms with Crippen LogP contribution in [0.5, 0.6) is 5.75 Å². The van der Waals surface area contributed by atoms with E-state index in [4.69, 9.17) is 9.47 Å². The van der Waals surface area contributed by atoms with Gasteiger partial charge in [-0.15, -0.1) is 0 Å². The van der Waals surface area contributed by atoms with Crippen LogP contribution >= 0.6 is 0 Å². The monoisotopic (exact) mass is 233 g/mol. The summed E-state index contributed by atoms with van der Waals surface area (Å²) in [5.74, 6) is 1.67. The fraction of sp³-hybridized carbons (Fsp3) is 0.333. The van der Waals surface area contributed by atoms with Crippen molar-refractivity contribution in [1.29, 1.82) is 0 Å². The average Bonchev–Trinajstić information content (AvgIpc) is 2.84. The highest BCUT2D eigenvalue weighted by atomic mass is 16.5. The molecule has 2 aromatic rings. The van der Waals surface area contributed by atoms with E-state index in [1.54, 1.807) is 20.5 Å². The van der Waals surface area contributed by atoms with E-state index < -0.39 is 0 Å². The van der Waals surface area contributed by atoms with Gasteiger partial charge in [0, 0.05) is 12.7 Å². The lowest BCUT2D eigenvalue weighted by Gasteiger charge is -2.06. The number of benzene rings is 1. The highest BCUT2D eigenvalue weighted by Gasteiger charge is 2.06. The molecule has 0 aliphatic rings. The largest absolute Gasteiger partial charge is 0.497 e. The normalized spacial score (nSPS) is 10.5. The van der Waals surface area contributed by atoms with Crippen molar-refractivity contribution in [2.24, 2.45) is 0 Å². The van der Waals surface area contributed by atoms with Crippen LogP contribution in [0.4, 0.5) is 0 Å². The van der Waals surface area contributed by atoms with Gasteiger partial charge in [-0.25, -0.2) is 9.67 Å². The van der Waals surface area contributed by atoms with Crippen LogP contribution in [0.3, 0.4) is 0 Å². The molecule has 0 saturated carbocycles. The van der Waals surface area contributed by atoms with Crippen molar-refractivity contribution < 1.29 is 9.47 Å². The summed E-state index contributed by atoms with van der Waals surface area (Å²) in [7, 11) is 3.32. The Hall–Kier alpha value is -1.88. The molecule has 0 amide bonds. The van der Waals surface area contributed by atoms with Crippen LogP contribution in [0.15, 0.2) is 30.6 Å². The molecule has 0 aliphatic heterocycles. The van der Waals surface area contributed by atoms with Crippen molar-refractivity contribution in [3.05, 3.63) is 30.6 Å². The second-order valence-corrected chi connectivity index (χ2v) is 3.53. The van der Waals surface area contributed by atoms with Crippen LogP contribution in [0.25, 0.3) is 11.4 Å². The molecular weight excluding hydrogens is 218 g/mol. The molecule has 1 heterocycles. The molecule has 0 aliphatic carbocycles. The Labute approximate surface area is 100 Å². The summed E-state index contributed by atoms with van der Waals surface area (Å²) in [5, 5.41) is 4.17. The lowest BCUT2D eigenvalue weighted by Crippen LogP contribution is -2.07. The molecule has 0 N–H and O–H groups in total. The van der Waals surface area contributed by atoms with Crippen molar-refractivity contribution in [1.82, 2.24) is 14.8 Å². The molecule has 0 fully saturated rings.